The van der Waals surface area contributed by atoms with Crippen LogP contribution in [-0.4, -0.2) is 22.4 Å². The van der Waals surface area contributed by atoms with Crippen LogP contribution in [0.1, 0.15) is 18.1 Å². The van der Waals surface area contributed by atoms with Gasteiger partial charge in [-0.1, -0.05) is 24.3 Å². The fourth-order valence-corrected chi connectivity index (χ4v) is 3.15. The third-order valence-electron chi connectivity index (χ3n) is 4.91. The Bertz CT molecular complexity index is 1410. The Labute approximate surface area is 205 Å². The first-order chi connectivity index (χ1) is 17.2. The van der Waals surface area contributed by atoms with Crippen LogP contribution in [-0.2, 0) is 4.79 Å². The molecular weight excluding hydrogens is 468 g/mol. The first kappa shape index (κ1) is 25.4. The van der Waals surface area contributed by atoms with E-state index in [1.54, 1.807) is 19.1 Å². The van der Waals surface area contributed by atoms with Gasteiger partial charge in [0.2, 0.25) is 5.75 Å². The highest BCUT2D eigenvalue weighted by molar-refractivity contribution is 6.10. The van der Waals surface area contributed by atoms with Gasteiger partial charge >= 0.3 is 5.69 Å². The number of aryl methyl sites for hydroxylation is 1. The number of nitro benzene ring substituents is 2. The third-order valence-corrected chi connectivity index (χ3v) is 4.91. The molecule has 0 unspecified atom stereocenters. The van der Waals surface area contributed by atoms with Crippen molar-refractivity contribution in [2.45, 2.75) is 13.8 Å². The number of nitrogens with zero attached hydrogens (tertiary/aromatic N) is 3. The maximum absolute atomic E-state index is 12.6. The number of rotatable bonds is 9. The molecule has 0 spiro atoms. The molecule has 0 radical (unpaired) electrons. The van der Waals surface area contributed by atoms with Crippen LogP contribution < -0.4 is 14.8 Å². The maximum Gasteiger partial charge on any atom is 0.318 e. The molecule has 1 N–H and O–H groups in total. The van der Waals surface area contributed by atoms with Crippen molar-refractivity contribution in [3.8, 4) is 23.3 Å². The first-order valence-corrected chi connectivity index (χ1v) is 10.6. The average molecular weight is 488 g/mol. The molecule has 3 aromatic carbocycles. The summed E-state index contributed by atoms with van der Waals surface area (Å²) in [5.41, 5.74) is 0.666. The highest BCUT2D eigenvalue weighted by Gasteiger charge is 2.22. The lowest BCUT2D eigenvalue weighted by molar-refractivity contribution is -0.394. The Hall–Kier alpha value is -5.24. The van der Waals surface area contributed by atoms with Crippen molar-refractivity contribution in [2.75, 3.05) is 11.9 Å². The van der Waals surface area contributed by atoms with Crippen molar-refractivity contribution in [3.63, 3.8) is 0 Å². The Morgan fingerprint density at radius 3 is 2.39 bits per heavy atom. The number of nitro groups is 2. The summed E-state index contributed by atoms with van der Waals surface area (Å²) in [6.45, 7) is 3.77. The van der Waals surface area contributed by atoms with E-state index in [1.165, 1.54) is 24.3 Å². The minimum absolute atomic E-state index is 0.105. The van der Waals surface area contributed by atoms with Gasteiger partial charge in [-0.3, -0.25) is 25.0 Å². The lowest BCUT2D eigenvalue weighted by atomic mass is 10.1. The van der Waals surface area contributed by atoms with Gasteiger partial charge in [0.25, 0.3) is 11.6 Å². The van der Waals surface area contributed by atoms with E-state index in [0.29, 0.717) is 11.3 Å². The van der Waals surface area contributed by atoms with Crippen molar-refractivity contribution >= 4 is 29.0 Å². The van der Waals surface area contributed by atoms with Gasteiger partial charge in [-0.2, -0.15) is 5.26 Å². The summed E-state index contributed by atoms with van der Waals surface area (Å²) in [5, 5.41) is 34.6. The standard InChI is InChI=1S/C25H20N4O7/c1-3-35-24-13-17(12-18(15-26)25(30)27-20-7-5-4-6-16(20)2)8-10-23(24)36-22-11-9-19(28(31)32)14-21(22)29(33)34/h4-14H,3H2,1-2H3,(H,27,30)/b18-12+. The van der Waals surface area contributed by atoms with E-state index in [4.69, 9.17) is 9.47 Å². The fraction of sp³-hybridized carbons (Fsp3) is 0.120. The number of benzene rings is 3. The summed E-state index contributed by atoms with van der Waals surface area (Å²) in [6, 6.07) is 16.5. The van der Waals surface area contributed by atoms with Crippen LogP contribution in [0.4, 0.5) is 17.1 Å². The molecule has 0 aliphatic carbocycles. The molecule has 1 amide bonds. The minimum atomic E-state index is -0.786. The van der Waals surface area contributed by atoms with Gasteiger partial charge in [0, 0.05) is 11.8 Å². The molecule has 0 aliphatic heterocycles. The lowest BCUT2D eigenvalue weighted by Gasteiger charge is -2.13. The predicted molar refractivity (Wildman–Crippen MR) is 131 cm³/mol. The van der Waals surface area contributed by atoms with Gasteiger partial charge in [-0.15, -0.1) is 0 Å². The molecular formula is C25H20N4O7. The topological polar surface area (TPSA) is 158 Å². The summed E-state index contributed by atoms with van der Waals surface area (Å²) in [4.78, 5) is 33.5. The summed E-state index contributed by atoms with van der Waals surface area (Å²) in [6.07, 6.45) is 1.37. The monoisotopic (exact) mass is 488 g/mol. The molecule has 0 atom stereocenters. The molecule has 182 valence electrons. The molecule has 3 aromatic rings. The molecule has 11 nitrogen and oxygen atoms in total. The van der Waals surface area contributed by atoms with Crippen LogP contribution in [0.25, 0.3) is 6.08 Å². The summed E-state index contributed by atoms with van der Waals surface area (Å²) >= 11 is 0. The Morgan fingerprint density at radius 2 is 1.75 bits per heavy atom. The molecule has 0 saturated carbocycles. The largest absolute Gasteiger partial charge is 0.490 e. The molecule has 36 heavy (non-hydrogen) atoms. The van der Waals surface area contributed by atoms with E-state index in [-0.39, 0.29) is 29.4 Å². The maximum atomic E-state index is 12.6. The van der Waals surface area contributed by atoms with Gasteiger partial charge in [-0.25, -0.2) is 0 Å². The second-order valence-corrected chi connectivity index (χ2v) is 7.35. The smallest absolute Gasteiger partial charge is 0.318 e. The fourth-order valence-electron chi connectivity index (χ4n) is 3.15. The van der Waals surface area contributed by atoms with E-state index in [2.05, 4.69) is 5.32 Å². The summed E-state index contributed by atoms with van der Waals surface area (Å²) < 4.78 is 11.2. The zero-order valence-electron chi connectivity index (χ0n) is 19.3. The number of anilines is 1. The number of ether oxygens (including phenoxy) is 2. The van der Waals surface area contributed by atoms with Crippen molar-refractivity contribution < 1.29 is 24.1 Å². The molecule has 0 fully saturated rings. The zero-order chi connectivity index (χ0) is 26.2. The summed E-state index contributed by atoms with van der Waals surface area (Å²) in [7, 11) is 0. The Balaban J connectivity index is 1.92. The van der Waals surface area contributed by atoms with Crippen LogP contribution >= 0.6 is 0 Å². The van der Waals surface area contributed by atoms with Crippen molar-refractivity contribution in [3.05, 3.63) is 97.6 Å². The van der Waals surface area contributed by atoms with Crippen LogP contribution in [0, 0.1) is 38.5 Å². The quantitative estimate of drug-likeness (QED) is 0.178. The molecule has 0 aliphatic rings. The third kappa shape index (κ3) is 6.00. The highest BCUT2D eigenvalue weighted by Crippen LogP contribution is 2.38. The van der Waals surface area contributed by atoms with E-state index < -0.39 is 27.1 Å². The predicted octanol–water partition coefficient (Wildman–Crippen LogP) is 5.55. The molecule has 11 heteroatoms. The number of non-ortho nitro benzene ring substituents is 1. The second kappa shape index (κ2) is 11.3. The number of nitrogens with one attached hydrogen (secondary N) is 1. The number of para-hydroxylation sites is 1. The molecule has 0 bridgehead atoms. The van der Waals surface area contributed by atoms with E-state index >= 15 is 0 Å². The van der Waals surface area contributed by atoms with Crippen LogP contribution in [0.3, 0.4) is 0 Å². The number of carbonyl (C=O) groups excluding carboxylic acids is 1. The number of hydrogen-bond donors (Lipinski definition) is 1. The number of hydrogen-bond acceptors (Lipinski definition) is 8. The lowest BCUT2D eigenvalue weighted by Crippen LogP contribution is -2.14. The number of nitriles is 1. The van der Waals surface area contributed by atoms with E-state index in [0.717, 1.165) is 23.8 Å². The minimum Gasteiger partial charge on any atom is -0.490 e. The Kier molecular flexibility index (Phi) is 7.94. The van der Waals surface area contributed by atoms with Gasteiger partial charge in [0.1, 0.15) is 11.6 Å². The SMILES string of the molecule is CCOc1cc(/C=C(\C#N)C(=O)Nc2ccccc2C)ccc1Oc1ccc([N+](=O)[O-])cc1[N+](=O)[O-]. The summed E-state index contributed by atoms with van der Waals surface area (Å²) in [5.74, 6) is -0.513. The van der Waals surface area contributed by atoms with Crippen LogP contribution in [0.15, 0.2) is 66.2 Å². The van der Waals surface area contributed by atoms with Gasteiger partial charge < -0.3 is 14.8 Å². The number of carbonyl (C=O) groups is 1. The van der Waals surface area contributed by atoms with E-state index in [9.17, 15) is 30.3 Å². The van der Waals surface area contributed by atoms with E-state index in [1.807, 2.05) is 25.1 Å². The van der Waals surface area contributed by atoms with Crippen LogP contribution in [0.5, 0.6) is 17.2 Å². The van der Waals surface area contributed by atoms with Crippen molar-refractivity contribution in [2.24, 2.45) is 0 Å². The second-order valence-electron chi connectivity index (χ2n) is 7.35. The molecule has 0 aromatic heterocycles. The average Bonchev–Trinajstić information content (AvgIpc) is 2.85. The normalized spacial score (nSPS) is 10.8. The molecule has 0 saturated heterocycles. The van der Waals surface area contributed by atoms with Gasteiger partial charge in [0.05, 0.1) is 22.5 Å². The highest BCUT2D eigenvalue weighted by atomic mass is 16.6. The number of amides is 1. The molecule has 3 rings (SSSR count). The van der Waals surface area contributed by atoms with Crippen molar-refractivity contribution in [1.29, 1.82) is 5.26 Å². The van der Waals surface area contributed by atoms with Gasteiger partial charge in [0.15, 0.2) is 11.5 Å². The Morgan fingerprint density at radius 1 is 1.03 bits per heavy atom. The van der Waals surface area contributed by atoms with Gasteiger partial charge in [-0.05, 0) is 55.3 Å². The van der Waals surface area contributed by atoms with Crippen LogP contribution in [0.2, 0.25) is 0 Å². The first-order valence-electron chi connectivity index (χ1n) is 10.6. The van der Waals surface area contributed by atoms with Crippen molar-refractivity contribution in [1.82, 2.24) is 0 Å². The zero-order valence-corrected chi connectivity index (χ0v) is 19.3. The molecule has 0 heterocycles.